The lowest BCUT2D eigenvalue weighted by Gasteiger charge is -2.35. The number of aromatic nitrogens is 1. The summed E-state index contributed by atoms with van der Waals surface area (Å²) in [6, 6.07) is 75.8. The number of halogens is 5. The fraction of sp³-hybridized carbons (Fsp3) is 0.351. The first-order valence-corrected chi connectivity index (χ1v) is 46.2. The standard InChI is InChI=1S/C22H28INO3.2C21H26INO3.C17H19I.C16H15IN2S/c1-4-25-13-14-26-15-16-27-20-10-7-18(8-11-20)5-6-19-9-12-22(24(2)3)21(23)17-19;1-3-13-25-21-17(22)10-7-11-18(21)26-20(16-8-5-4-6-9-16)19-15-23(2)12-14-24-19;1-3-13-24-18-11-7-10-17(22)21(18)26-20(16-8-5-4-6-9-16)19-15-23(2)12-14-25-19;1-12-5-8-14(9-6-12)17(3,4)15-10-7-13(2)16(18)11-15;1-10-4-6-13-15(8-10)20-16(18-13)11-5-7-14(19(2)3)12(17)9-11/h5-12,17H,4,13-16H2,1-3H3;2*4-11,19-20H,3,12-15H2,1-2H3;5-11H,1-4H3;4-9H,1-3H3/b6-5+;;;;. The van der Waals surface area contributed by atoms with Crippen LogP contribution in [-0.4, -0.2) is 155 Å². The van der Waals surface area contributed by atoms with Crippen LogP contribution in [0.1, 0.15) is 110 Å². The van der Waals surface area contributed by atoms with Gasteiger partial charge in [-0.3, -0.25) is 0 Å². The van der Waals surface area contributed by atoms with Gasteiger partial charge in [-0.15, -0.1) is 11.3 Å². The van der Waals surface area contributed by atoms with E-state index in [1.807, 2.05) is 91.9 Å². The van der Waals surface area contributed by atoms with Gasteiger partial charge in [0.1, 0.15) is 29.6 Å². The van der Waals surface area contributed by atoms with Crippen LogP contribution in [-0.2, 0) is 24.4 Å². The van der Waals surface area contributed by atoms with Gasteiger partial charge >= 0.3 is 0 Å². The number of anilines is 2. The van der Waals surface area contributed by atoms with Crippen LogP contribution in [0.3, 0.4) is 0 Å². The third kappa shape index (κ3) is 29.6. The molecule has 14 nitrogen and oxygen atoms in total. The fourth-order valence-electron chi connectivity index (χ4n) is 12.8. The Hall–Kier alpha value is -6.16. The molecule has 2 aliphatic rings. The van der Waals surface area contributed by atoms with E-state index in [2.05, 4.69) is 369 Å². The minimum atomic E-state index is -0.182. The number of likely N-dealkylation sites (N-methyl/N-ethyl adjacent to an activating group) is 2. The smallest absolute Gasteiger partial charge is 0.175 e. The third-order valence-electron chi connectivity index (χ3n) is 19.6. The summed E-state index contributed by atoms with van der Waals surface area (Å²) in [5, 5.41) is 1.09. The van der Waals surface area contributed by atoms with E-state index in [9.17, 15) is 0 Å². The zero-order chi connectivity index (χ0) is 83.8. The minimum absolute atomic E-state index is 0.0203. The Balaban J connectivity index is 0.000000168. The number of fused-ring (bicyclic) bond motifs is 1. The zero-order valence-electron chi connectivity index (χ0n) is 70.1. The zero-order valence-corrected chi connectivity index (χ0v) is 81.7. The first kappa shape index (κ1) is 94.7. The van der Waals surface area contributed by atoms with Crippen molar-refractivity contribution in [2.45, 2.75) is 98.1 Å². The van der Waals surface area contributed by atoms with Crippen molar-refractivity contribution in [2.24, 2.45) is 0 Å². The highest BCUT2D eigenvalue weighted by Gasteiger charge is 2.33. The summed E-state index contributed by atoms with van der Waals surface area (Å²) in [5.41, 5.74) is 16.1. The maximum Gasteiger partial charge on any atom is 0.175 e. The quantitative estimate of drug-likeness (QED) is 0.0252. The Kier molecular flexibility index (Phi) is 39.7. The average Bonchev–Trinajstić information content (AvgIpc) is 1.79. The molecule has 2 fully saturated rings. The molecule has 4 unspecified atom stereocenters. The predicted molar refractivity (Wildman–Crippen MR) is 530 cm³/mol. The van der Waals surface area contributed by atoms with E-state index in [4.69, 9.17) is 47.6 Å². The number of rotatable bonds is 29. The van der Waals surface area contributed by atoms with Gasteiger partial charge in [0.25, 0.3) is 0 Å². The first-order valence-electron chi connectivity index (χ1n) is 40.0. The van der Waals surface area contributed by atoms with Gasteiger partial charge in [-0.2, -0.15) is 0 Å². The second-order valence-electron chi connectivity index (χ2n) is 29.7. The van der Waals surface area contributed by atoms with Crippen molar-refractivity contribution < 1.29 is 42.6 Å². The molecule has 3 heterocycles. The second kappa shape index (κ2) is 49.1. The van der Waals surface area contributed by atoms with Crippen molar-refractivity contribution in [3.8, 4) is 39.3 Å². The normalized spacial score (nSPS) is 14.7. The van der Waals surface area contributed by atoms with Crippen LogP contribution in [0.5, 0.6) is 28.7 Å². The van der Waals surface area contributed by atoms with Gasteiger partial charge in [0, 0.05) is 94.0 Å². The van der Waals surface area contributed by atoms with E-state index in [-0.39, 0.29) is 29.8 Å². The lowest BCUT2D eigenvalue weighted by Crippen LogP contribution is -2.44. The number of para-hydroxylation sites is 2. The van der Waals surface area contributed by atoms with Crippen molar-refractivity contribution in [3.63, 3.8) is 0 Å². The van der Waals surface area contributed by atoms with Gasteiger partial charge < -0.3 is 62.2 Å². The molecule has 2 aliphatic heterocycles. The monoisotopic (exact) mass is 2160 g/mol. The lowest BCUT2D eigenvalue weighted by atomic mass is 9.78. The van der Waals surface area contributed by atoms with Gasteiger partial charge in [0.05, 0.1) is 63.6 Å². The number of hydrogen-bond donors (Lipinski definition) is 0. The molecule has 13 rings (SSSR count). The van der Waals surface area contributed by atoms with Crippen molar-refractivity contribution in [1.29, 1.82) is 0 Å². The number of nitrogens with zero attached hydrogens (tertiary/aromatic N) is 5. The summed E-state index contributed by atoms with van der Waals surface area (Å²) in [6.07, 6.45) is 5.76. The Bertz CT molecular complexity index is 4840. The summed E-state index contributed by atoms with van der Waals surface area (Å²) in [5.74, 6) is 4.04. The molecule has 0 saturated carbocycles. The molecule has 0 N–H and O–H groups in total. The molecule has 0 amide bonds. The van der Waals surface area contributed by atoms with E-state index < -0.39 is 0 Å². The molecule has 4 atom stereocenters. The molecule has 20 heteroatoms. The summed E-state index contributed by atoms with van der Waals surface area (Å²) < 4.78 is 60.7. The van der Waals surface area contributed by atoms with Gasteiger partial charge in [0.2, 0.25) is 0 Å². The van der Waals surface area contributed by atoms with Crippen LogP contribution in [0.15, 0.2) is 218 Å². The summed E-state index contributed by atoms with van der Waals surface area (Å²) >= 11 is 13.5. The fourth-order valence-corrected chi connectivity index (χ4v) is 17.7. The maximum absolute atomic E-state index is 6.56. The Morgan fingerprint density at radius 1 is 0.487 bits per heavy atom. The molecular formula is C97H114I5N5O9S. The van der Waals surface area contributed by atoms with Crippen LogP contribution in [0.25, 0.3) is 32.9 Å². The third-order valence-corrected chi connectivity index (χ3v) is 25.2. The molecule has 622 valence electrons. The molecule has 0 aliphatic carbocycles. The summed E-state index contributed by atoms with van der Waals surface area (Å²) in [4.78, 5) is 13.6. The summed E-state index contributed by atoms with van der Waals surface area (Å²) in [7, 11) is 12.5. The van der Waals surface area contributed by atoms with Crippen molar-refractivity contribution in [1.82, 2.24) is 14.8 Å². The molecule has 0 spiro atoms. The Labute approximate surface area is 768 Å². The van der Waals surface area contributed by atoms with E-state index in [1.165, 1.54) is 65.7 Å². The SMILES string of the molecule is CCCOc1c(I)cccc1OC(c1ccccc1)C1CN(C)CCO1.CCCOc1cccc(I)c1OC(c1ccccc1)C1CN(C)CCO1.CCOCCOCCOc1ccc(/C=C/c2ccc(N(C)C)c(I)c2)cc1.Cc1ccc(C(C)(C)c2ccc(C)c(I)c2)cc1.Cc1ccc2nc(-c3ccc(N(C)C)c(I)c3)sc2c1. The van der Waals surface area contributed by atoms with Crippen molar-refractivity contribution >= 4 is 158 Å². The highest BCUT2D eigenvalue weighted by atomic mass is 127. The van der Waals surface area contributed by atoms with E-state index in [1.54, 1.807) is 11.3 Å². The number of benzene rings is 10. The number of ether oxygens (including phenoxy) is 9. The molecule has 10 aromatic carbocycles. The van der Waals surface area contributed by atoms with Crippen LogP contribution in [0.4, 0.5) is 11.4 Å². The largest absolute Gasteiger partial charge is 0.491 e. The van der Waals surface area contributed by atoms with Gasteiger partial charge in [-0.05, 0) is 297 Å². The molecule has 0 bridgehead atoms. The second-order valence-corrected chi connectivity index (χ2v) is 36.6. The van der Waals surface area contributed by atoms with E-state index in [0.717, 1.165) is 122 Å². The number of morpholine rings is 2. The van der Waals surface area contributed by atoms with Crippen LogP contribution < -0.4 is 33.5 Å². The van der Waals surface area contributed by atoms with Gasteiger partial charge in [0.15, 0.2) is 35.2 Å². The van der Waals surface area contributed by atoms with Gasteiger partial charge in [-0.25, -0.2) is 4.98 Å². The van der Waals surface area contributed by atoms with Crippen LogP contribution >= 0.6 is 124 Å². The minimum Gasteiger partial charge on any atom is -0.491 e. The number of hydrogen-bond acceptors (Lipinski definition) is 15. The topological polar surface area (TPSA) is 109 Å². The van der Waals surface area contributed by atoms with E-state index in [0.29, 0.717) is 39.6 Å². The van der Waals surface area contributed by atoms with Crippen molar-refractivity contribution in [3.05, 3.63) is 286 Å². The molecule has 2 saturated heterocycles. The van der Waals surface area contributed by atoms with Gasteiger partial charge in [-0.1, -0.05) is 179 Å². The first-order chi connectivity index (χ1) is 56.4. The lowest BCUT2D eigenvalue weighted by molar-refractivity contribution is -0.0766. The Morgan fingerprint density at radius 2 is 1.03 bits per heavy atom. The van der Waals surface area contributed by atoms with Crippen LogP contribution in [0, 0.1) is 38.6 Å². The molecule has 11 aromatic rings. The molecular weight excluding hydrogens is 2050 g/mol. The summed E-state index contributed by atoms with van der Waals surface area (Å²) in [6.45, 7) is 26.6. The van der Waals surface area contributed by atoms with Crippen molar-refractivity contribution in [2.75, 3.05) is 138 Å². The van der Waals surface area contributed by atoms with E-state index >= 15 is 0 Å². The predicted octanol–water partition coefficient (Wildman–Crippen LogP) is 24.2. The van der Waals surface area contributed by atoms with Crippen LogP contribution in [0.2, 0.25) is 0 Å². The highest BCUT2D eigenvalue weighted by Crippen LogP contribution is 2.41. The highest BCUT2D eigenvalue weighted by molar-refractivity contribution is 14.1. The molecule has 0 radical (unpaired) electrons. The number of aryl methyl sites for hydroxylation is 3. The molecule has 1 aromatic heterocycles. The maximum atomic E-state index is 6.56. The molecule has 117 heavy (non-hydrogen) atoms. The average molecular weight is 2160 g/mol. The number of thiazole rings is 1. The Morgan fingerprint density at radius 3 is 1.61 bits per heavy atom.